The van der Waals surface area contributed by atoms with Crippen LogP contribution in [0.2, 0.25) is 0 Å². The lowest BCUT2D eigenvalue weighted by Crippen LogP contribution is -2.09. The number of hydrogen-bond donors (Lipinski definition) is 4. The first kappa shape index (κ1) is 13.4. The first-order valence-corrected chi connectivity index (χ1v) is 7.26. The van der Waals surface area contributed by atoms with Crippen LogP contribution in [-0.2, 0) is 4.79 Å². The maximum Gasteiger partial charge on any atom is 0.258 e. The van der Waals surface area contributed by atoms with Gasteiger partial charge >= 0.3 is 0 Å². The van der Waals surface area contributed by atoms with Crippen molar-refractivity contribution >= 4 is 39.8 Å². The van der Waals surface area contributed by atoms with E-state index in [1.807, 2.05) is 37.3 Å². The fourth-order valence-corrected chi connectivity index (χ4v) is 2.81. The molecule has 1 aromatic heterocycles. The summed E-state index contributed by atoms with van der Waals surface area (Å²) in [6, 6.07) is 13.1. The zero-order chi connectivity index (χ0) is 16.0. The van der Waals surface area contributed by atoms with Crippen LogP contribution < -0.4 is 16.4 Å². The van der Waals surface area contributed by atoms with Crippen LogP contribution in [0.25, 0.3) is 16.6 Å². The molecule has 0 unspecified atom stereocenters. The Hall–Kier alpha value is -3.28. The number of para-hydroxylation sites is 2. The number of nitrogens with zero attached hydrogens (tertiary/aromatic N) is 1. The molecule has 5 N–H and O–H groups in total. The molecule has 2 aromatic carbocycles. The number of benzene rings is 2. The summed E-state index contributed by atoms with van der Waals surface area (Å²) < 4.78 is 0. The summed E-state index contributed by atoms with van der Waals surface area (Å²) in [7, 11) is 0. The highest BCUT2D eigenvalue weighted by Crippen LogP contribution is 2.35. The fraction of sp³-hybridized carbons (Fsp3) is 0.0588. The third kappa shape index (κ3) is 2.20. The average Bonchev–Trinajstić information content (AvgIpc) is 3.06. The number of carbonyl (C=O) groups is 1. The molecular weight excluding hydrogens is 290 g/mol. The Morgan fingerprint density at radius 2 is 2.04 bits per heavy atom. The molecule has 114 valence electrons. The number of nitrogens with two attached hydrogens (primary N) is 1. The van der Waals surface area contributed by atoms with Gasteiger partial charge < -0.3 is 21.4 Å². The largest absolute Gasteiger partial charge is 0.399 e. The van der Waals surface area contributed by atoms with Crippen molar-refractivity contribution in [2.24, 2.45) is 0 Å². The van der Waals surface area contributed by atoms with Crippen LogP contribution in [0.15, 0.2) is 48.2 Å². The highest BCUT2D eigenvalue weighted by molar-refractivity contribution is 6.32. The summed E-state index contributed by atoms with van der Waals surface area (Å²) in [5, 5.41) is 6.02. The first-order valence-electron chi connectivity index (χ1n) is 7.26. The summed E-state index contributed by atoms with van der Waals surface area (Å²) >= 11 is 0. The zero-order valence-corrected chi connectivity index (χ0v) is 12.5. The van der Waals surface area contributed by atoms with Crippen molar-refractivity contribution in [3.8, 4) is 0 Å². The number of rotatable bonds is 2. The Morgan fingerprint density at radius 3 is 2.87 bits per heavy atom. The van der Waals surface area contributed by atoms with E-state index in [2.05, 4.69) is 20.6 Å². The molecule has 23 heavy (non-hydrogen) atoms. The standard InChI is InChI=1S/C17H15N5O/c1-9(19-17-21-13-4-2-3-5-14(13)22-17)15-11-8-10(18)6-7-12(11)20-16(15)23/h2-8H,18H2,1H3,(H,20,23)(H2,19,21,22)/b15-9-. The molecule has 2 heterocycles. The third-order valence-corrected chi connectivity index (χ3v) is 3.86. The highest BCUT2D eigenvalue weighted by atomic mass is 16.2. The minimum atomic E-state index is -0.147. The molecule has 0 bridgehead atoms. The number of anilines is 3. The predicted octanol–water partition coefficient (Wildman–Crippen LogP) is 2.94. The first-order chi connectivity index (χ1) is 11.1. The van der Waals surface area contributed by atoms with E-state index in [0.717, 1.165) is 22.3 Å². The maximum atomic E-state index is 12.3. The fourth-order valence-electron chi connectivity index (χ4n) is 2.81. The number of amides is 1. The Kier molecular flexibility index (Phi) is 2.84. The number of fused-ring (bicyclic) bond motifs is 2. The van der Waals surface area contributed by atoms with Crippen molar-refractivity contribution in [3.05, 3.63) is 53.7 Å². The van der Waals surface area contributed by atoms with Crippen LogP contribution in [0.4, 0.5) is 17.3 Å². The molecule has 1 aliphatic heterocycles. The van der Waals surface area contributed by atoms with Crippen LogP contribution in [-0.4, -0.2) is 15.9 Å². The van der Waals surface area contributed by atoms with E-state index in [0.29, 0.717) is 22.9 Å². The number of imidazole rings is 1. The van der Waals surface area contributed by atoms with Crippen LogP contribution in [0, 0.1) is 0 Å². The van der Waals surface area contributed by atoms with Gasteiger partial charge in [0.2, 0.25) is 5.95 Å². The predicted molar refractivity (Wildman–Crippen MR) is 91.8 cm³/mol. The lowest BCUT2D eigenvalue weighted by atomic mass is 10.0. The van der Waals surface area contributed by atoms with Gasteiger partial charge in [-0.2, -0.15) is 0 Å². The summed E-state index contributed by atoms with van der Waals surface area (Å²) in [4.78, 5) is 19.9. The number of hydrogen-bond acceptors (Lipinski definition) is 4. The van der Waals surface area contributed by atoms with Crippen molar-refractivity contribution in [1.29, 1.82) is 0 Å². The van der Waals surface area contributed by atoms with Gasteiger partial charge in [-0.3, -0.25) is 4.79 Å². The second-order valence-electron chi connectivity index (χ2n) is 5.49. The molecule has 6 heteroatoms. The van der Waals surface area contributed by atoms with Crippen molar-refractivity contribution in [1.82, 2.24) is 9.97 Å². The van der Waals surface area contributed by atoms with Gasteiger partial charge in [-0.15, -0.1) is 0 Å². The molecule has 0 saturated heterocycles. The van der Waals surface area contributed by atoms with Crippen molar-refractivity contribution in [3.63, 3.8) is 0 Å². The molecule has 0 fully saturated rings. The molecule has 0 radical (unpaired) electrons. The average molecular weight is 305 g/mol. The third-order valence-electron chi connectivity index (χ3n) is 3.86. The van der Waals surface area contributed by atoms with Gasteiger partial charge in [0.25, 0.3) is 5.91 Å². The molecule has 4 rings (SSSR count). The molecule has 6 nitrogen and oxygen atoms in total. The monoisotopic (exact) mass is 305 g/mol. The minimum Gasteiger partial charge on any atom is -0.399 e. The van der Waals surface area contributed by atoms with Gasteiger partial charge in [-0.05, 0) is 37.3 Å². The lowest BCUT2D eigenvalue weighted by molar-refractivity contribution is -0.110. The molecule has 3 aromatic rings. The van der Waals surface area contributed by atoms with Gasteiger partial charge in [-0.1, -0.05) is 12.1 Å². The molecule has 0 saturated carbocycles. The van der Waals surface area contributed by atoms with Crippen LogP contribution in [0.5, 0.6) is 0 Å². The van der Waals surface area contributed by atoms with Crippen LogP contribution >= 0.6 is 0 Å². The normalized spacial score (nSPS) is 15.4. The molecule has 1 amide bonds. The van der Waals surface area contributed by atoms with Gasteiger partial charge in [0.15, 0.2) is 0 Å². The Balaban J connectivity index is 1.75. The minimum absolute atomic E-state index is 0.147. The van der Waals surface area contributed by atoms with E-state index < -0.39 is 0 Å². The quantitative estimate of drug-likeness (QED) is 0.432. The number of aromatic nitrogens is 2. The van der Waals surface area contributed by atoms with Crippen LogP contribution in [0.3, 0.4) is 0 Å². The van der Waals surface area contributed by atoms with Crippen molar-refractivity contribution in [2.45, 2.75) is 6.92 Å². The molecular formula is C17H15N5O. The van der Waals surface area contributed by atoms with E-state index in [-0.39, 0.29) is 5.91 Å². The Morgan fingerprint density at radius 1 is 1.22 bits per heavy atom. The van der Waals surface area contributed by atoms with Gasteiger partial charge in [-0.25, -0.2) is 4.98 Å². The van der Waals surface area contributed by atoms with Crippen molar-refractivity contribution in [2.75, 3.05) is 16.4 Å². The van der Waals surface area contributed by atoms with E-state index in [4.69, 9.17) is 5.73 Å². The van der Waals surface area contributed by atoms with Crippen LogP contribution in [0.1, 0.15) is 12.5 Å². The Bertz CT molecular complexity index is 937. The topological polar surface area (TPSA) is 95.8 Å². The molecule has 1 aliphatic rings. The van der Waals surface area contributed by atoms with Gasteiger partial charge in [0, 0.05) is 22.6 Å². The van der Waals surface area contributed by atoms with E-state index in [9.17, 15) is 4.79 Å². The maximum absolute atomic E-state index is 12.3. The summed E-state index contributed by atoms with van der Waals surface area (Å²) in [6.07, 6.45) is 0. The molecule has 0 aliphatic carbocycles. The zero-order valence-electron chi connectivity index (χ0n) is 12.5. The number of H-pyrrole nitrogens is 1. The van der Waals surface area contributed by atoms with Gasteiger partial charge in [0.05, 0.1) is 16.6 Å². The number of carbonyl (C=O) groups excluding carboxylic acids is 1. The summed E-state index contributed by atoms with van der Waals surface area (Å²) in [6.45, 7) is 1.85. The molecule has 0 atom stereocenters. The smallest absolute Gasteiger partial charge is 0.258 e. The lowest BCUT2D eigenvalue weighted by Gasteiger charge is -2.07. The van der Waals surface area contributed by atoms with E-state index in [1.165, 1.54) is 0 Å². The number of nitrogens with one attached hydrogen (secondary N) is 3. The number of allylic oxidation sites excluding steroid dienone is 1. The summed E-state index contributed by atoms with van der Waals surface area (Å²) in [5.41, 5.74) is 11.1. The highest BCUT2D eigenvalue weighted by Gasteiger charge is 2.26. The second kappa shape index (κ2) is 4.88. The number of nitrogen functional groups attached to an aromatic ring is 1. The van der Waals surface area contributed by atoms with E-state index >= 15 is 0 Å². The van der Waals surface area contributed by atoms with E-state index in [1.54, 1.807) is 12.1 Å². The second-order valence-corrected chi connectivity index (χ2v) is 5.49. The summed E-state index contributed by atoms with van der Waals surface area (Å²) in [5.74, 6) is 0.452. The Labute approximate surface area is 132 Å². The SMILES string of the molecule is C/C(Nc1nc2ccccc2[nH]1)=C1/C(=O)Nc2ccc(N)cc21. The van der Waals surface area contributed by atoms with Gasteiger partial charge in [0.1, 0.15) is 0 Å². The number of aromatic amines is 1. The van der Waals surface area contributed by atoms with Crippen molar-refractivity contribution < 1.29 is 4.79 Å². The molecule has 0 spiro atoms.